The third-order valence-corrected chi connectivity index (χ3v) is 5.47. The highest BCUT2D eigenvalue weighted by Crippen LogP contribution is 2.45. The van der Waals surface area contributed by atoms with Gasteiger partial charge in [0.1, 0.15) is 0 Å². The molecule has 0 aromatic rings. The van der Waals surface area contributed by atoms with Crippen molar-refractivity contribution in [3.8, 4) is 0 Å². The largest absolute Gasteiger partial charge is 0.315 e. The molecule has 1 aliphatic carbocycles. The van der Waals surface area contributed by atoms with E-state index in [1.54, 1.807) is 4.90 Å². The molecule has 2 amide bonds. The van der Waals surface area contributed by atoms with E-state index in [9.17, 15) is 9.59 Å². The zero-order valence-corrected chi connectivity index (χ0v) is 11.9. The lowest BCUT2D eigenvalue weighted by atomic mass is 9.93. The van der Waals surface area contributed by atoms with E-state index < -0.39 is 0 Å². The topological polar surface area (TPSA) is 49.4 Å². The molecule has 4 nitrogen and oxygen atoms in total. The van der Waals surface area contributed by atoms with E-state index in [0.29, 0.717) is 11.8 Å². The number of piperidine rings is 1. The van der Waals surface area contributed by atoms with Crippen molar-refractivity contribution in [3.63, 3.8) is 0 Å². The van der Waals surface area contributed by atoms with Gasteiger partial charge in [-0.1, -0.05) is 20.3 Å². The van der Waals surface area contributed by atoms with Crippen molar-refractivity contribution in [2.75, 3.05) is 13.1 Å². The Morgan fingerprint density at radius 1 is 1.21 bits per heavy atom. The average Bonchev–Trinajstić information content (AvgIpc) is 2.92. The Bertz CT molecular complexity index is 372. The number of rotatable bonds is 2. The van der Waals surface area contributed by atoms with Gasteiger partial charge in [-0.2, -0.15) is 0 Å². The Labute approximate surface area is 114 Å². The summed E-state index contributed by atoms with van der Waals surface area (Å²) in [5.41, 5.74) is 0. The summed E-state index contributed by atoms with van der Waals surface area (Å²) in [6.45, 7) is 6.09. The first-order valence-electron chi connectivity index (χ1n) is 7.71. The van der Waals surface area contributed by atoms with Gasteiger partial charge in [-0.15, -0.1) is 0 Å². The third-order valence-electron chi connectivity index (χ3n) is 5.47. The molecule has 1 N–H and O–H groups in total. The summed E-state index contributed by atoms with van der Waals surface area (Å²) in [7, 11) is 0. The van der Waals surface area contributed by atoms with Crippen molar-refractivity contribution in [2.24, 2.45) is 23.7 Å². The van der Waals surface area contributed by atoms with Crippen LogP contribution in [-0.4, -0.2) is 35.8 Å². The summed E-state index contributed by atoms with van der Waals surface area (Å²) in [5.74, 6) is 1.22. The number of carbonyl (C=O) groups excluding carboxylic acids is 2. The second kappa shape index (κ2) is 4.89. The van der Waals surface area contributed by atoms with Gasteiger partial charge < -0.3 is 5.32 Å². The number of nitrogens with zero attached hydrogens (tertiary/aromatic N) is 1. The normalized spacial score (nSPS) is 42.8. The van der Waals surface area contributed by atoms with Crippen LogP contribution in [0.15, 0.2) is 0 Å². The fourth-order valence-corrected chi connectivity index (χ4v) is 4.13. The van der Waals surface area contributed by atoms with Gasteiger partial charge in [0, 0.05) is 6.54 Å². The van der Waals surface area contributed by atoms with Crippen molar-refractivity contribution < 1.29 is 9.59 Å². The zero-order valence-electron chi connectivity index (χ0n) is 11.9. The highest BCUT2D eigenvalue weighted by Gasteiger charge is 2.54. The Morgan fingerprint density at radius 3 is 2.37 bits per heavy atom. The summed E-state index contributed by atoms with van der Waals surface area (Å²) >= 11 is 0. The number of fused-ring (bicyclic) bond motifs is 1. The predicted molar refractivity (Wildman–Crippen MR) is 72.3 cm³/mol. The molecule has 2 saturated heterocycles. The lowest BCUT2D eigenvalue weighted by Crippen LogP contribution is -2.53. The van der Waals surface area contributed by atoms with E-state index in [-0.39, 0.29) is 29.7 Å². The maximum Gasteiger partial charge on any atom is 0.233 e. The van der Waals surface area contributed by atoms with Gasteiger partial charge in [0.05, 0.1) is 17.9 Å². The van der Waals surface area contributed by atoms with Crippen molar-refractivity contribution in [3.05, 3.63) is 0 Å². The summed E-state index contributed by atoms with van der Waals surface area (Å²) in [6.07, 6.45) is 4.00. The molecular formula is C15H24N2O2. The molecule has 2 aliphatic heterocycles. The molecule has 0 aromatic carbocycles. The van der Waals surface area contributed by atoms with Crippen LogP contribution in [0.4, 0.5) is 0 Å². The molecule has 4 unspecified atom stereocenters. The lowest BCUT2D eigenvalue weighted by molar-refractivity contribution is -0.144. The smallest absolute Gasteiger partial charge is 0.233 e. The number of likely N-dealkylation sites (tertiary alicyclic amines) is 1. The second-order valence-corrected chi connectivity index (χ2v) is 6.54. The van der Waals surface area contributed by atoms with Gasteiger partial charge in [-0.05, 0) is 37.6 Å². The number of amides is 2. The molecule has 3 aliphatic rings. The van der Waals surface area contributed by atoms with Crippen LogP contribution in [-0.2, 0) is 9.59 Å². The number of carbonyl (C=O) groups is 2. The van der Waals surface area contributed by atoms with Crippen molar-refractivity contribution in [1.82, 2.24) is 10.2 Å². The minimum atomic E-state index is -0.00780. The molecule has 3 fully saturated rings. The van der Waals surface area contributed by atoms with Crippen LogP contribution in [0.1, 0.15) is 39.5 Å². The maximum atomic E-state index is 12.6. The fraction of sp³-hybridized carbons (Fsp3) is 0.867. The fourth-order valence-electron chi connectivity index (χ4n) is 4.13. The van der Waals surface area contributed by atoms with Crippen molar-refractivity contribution in [2.45, 2.75) is 45.6 Å². The standard InChI is InChI=1S/C15H24N2O2/c1-3-10-6-11-12(7-10)15(19)17(14(11)18)13-8-16-5-4-9(13)2/h9-13,16H,3-8H2,1-2H3. The van der Waals surface area contributed by atoms with Crippen molar-refractivity contribution in [1.29, 1.82) is 0 Å². The molecule has 3 rings (SSSR count). The van der Waals surface area contributed by atoms with E-state index in [0.717, 1.165) is 38.8 Å². The average molecular weight is 264 g/mol. The van der Waals surface area contributed by atoms with Gasteiger partial charge in [-0.3, -0.25) is 14.5 Å². The highest BCUT2D eigenvalue weighted by molar-refractivity contribution is 6.05. The molecule has 0 radical (unpaired) electrons. The van der Waals surface area contributed by atoms with Crippen LogP contribution in [0.5, 0.6) is 0 Å². The lowest BCUT2D eigenvalue weighted by Gasteiger charge is -2.36. The minimum Gasteiger partial charge on any atom is -0.315 e. The SMILES string of the molecule is CCC1CC2C(=O)N(C3CNCCC3C)C(=O)C2C1. The highest BCUT2D eigenvalue weighted by atomic mass is 16.2. The van der Waals surface area contributed by atoms with Gasteiger partial charge >= 0.3 is 0 Å². The molecule has 4 heteroatoms. The molecule has 0 bridgehead atoms. The number of imide groups is 1. The second-order valence-electron chi connectivity index (χ2n) is 6.54. The molecule has 2 heterocycles. The van der Waals surface area contributed by atoms with Gasteiger partial charge in [0.15, 0.2) is 0 Å². The maximum absolute atomic E-state index is 12.6. The quantitative estimate of drug-likeness (QED) is 0.767. The third kappa shape index (κ3) is 2.00. The summed E-state index contributed by atoms with van der Waals surface area (Å²) < 4.78 is 0. The van der Waals surface area contributed by atoms with Crippen LogP contribution in [0.25, 0.3) is 0 Å². The molecule has 1 saturated carbocycles. The minimum absolute atomic E-state index is 0.00780. The first-order valence-corrected chi connectivity index (χ1v) is 7.71. The molecule has 0 aromatic heterocycles. The molecule has 4 atom stereocenters. The first-order chi connectivity index (χ1) is 9.13. The van der Waals surface area contributed by atoms with Crippen molar-refractivity contribution >= 4 is 11.8 Å². The summed E-state index contributed by atoms with van der Waals surface area (Å²) in [5, 5.41) is 3.32. The van der Waals surface area contributed by atoms with E-state index in [4.69, 9.17) is 0 Å². The Hall–Kier alpha value is -0.900. The predicted octanol–water partition coefficient (Wildman–Crippen LogP) is 1.41. The van der Waals surface area contributed by atoms with E-state index in [1.165, 1.54) is 0 Å². The van der Waals surface area contributed by atoms with E-state index >= 15 is 0 Å². The molecular weight excluding hydrogens is 240 g/mol. The first kappa shape index (κ1) is 13.1. The van der Waals surface area contributed by atoms with Gasteiger partial charge in [0.2, 0.25) is 11.8 Å². The zero-order chi connectivity index (χ0) is 13.6. The van der Waals surface area contributed by atoms with Crippen LogP contribution < -0.4 is 5.32 Å². The van der Waals surface area contributed by atoms with E-state index in [1.807, 2.05) is 0 Å². The monoisotopic (exact) mass is 264 g/mol. The molecule has 0 spiro atoms. The van der Waals surface area contributed by atoms with Gasteiger partial charge in [-0.25, -0.2) is 0 Å². The number of hydrogen-bond acceptors (Lipinski definition) is 3. The summed E-state index contributed by atoms with van der Waals surface area (Å²) in [4.78, 5) is 26.8. The number of nitrogens with one attached hydrogen (secondary N) is 1. The Morgan fingerprint density at radius 2 is 1.84 bits per heavy atom. The van der Waals surface area contributed by atoms with Crippen LogP contribution in [0.3, 0.4) is 0 Å². The van der Waals surface area contributed by atoms with Gasteiger partial charge in [0.25, 0.3) is 0 Å². The Balaban J connectivity index is 1.78. The van der Waals surface area contributed by atoms with Crippen LogP contribution in [0.2, 0.25) is 0 Å². The summed E-state index contributed by atoms with van der Waals surface area (Å²) in [6, 6.07) is 0.0828. The number of hydrogen-bond donors (Lipinski definition) is 1. The van der Waals surface area contributed by atoms with Crippen LogP contribution in [0, 0.1) is 23.7 Å². The van der Waals surface area contributed by atoms with E-state index in [2.05, 4.69) is 19.2 Å². The molecule has 106 valence electrons. The van der Waals surface area contributed by atoms with Crippen LogP contribution >= 0.6 is 0 Å². The molecule has 19 heavy (non-hydrogen) atoms. The Kier molecular flexibility index (Phi) is 3.37.